The molecule has 0 saturated carbocycles. The number of aliphatic hydroxyl groups is 1. The summed E-state index contributed by atoms with van der Waals surface area (Å²) in [5.74, 6) is 3.04. The van der Waals surface area contributed by atoms with Gasteiger partial charge >= 0.3 is 0 Å². The number of rotatable bonds is 4. The van der Waals surface area contributed by atoms with Crippen LogP contribution in [0.4, 0.5) is 0 Å². The number of carbonyl (C=O) groups excluding carboxylic acids is 1. The quantitative estimate of drug-likeness (QED) is 0.704. The molecule has 1 aliphatic rings. The van der Waals surface area contributed by atoms with E-state index in [1.807, 2.05) is 11.8 Å². The fourth-order valence-corrected chi connectivity index (χ4v) is 2.68. The average molecular weight is 203 g/mol. The van der Waals surface area contributed by atoms with Gasteiger partial charge in [-0.05, 0) is 30.3 Å². The Morgan fingerprint density at radius 2 is 2.15 bits per heavy atom. The summed E-state index contributed by atoms with van der Waals surface area (Å²) >= 11 is 1.97. The van der Waals surface area contributed by atoms with Gasteiger partial charge in [-0.1, -0.05) is 0 Å². The standard InChI is InChI=1S/C9H17NO2S/c11-4-3-10-9(12)7-8-1-5-13-6-2-8/h8,11H,1-7H2,(H,10,12). The maximum atomic E-state index is 11.2. The van der Waals surface area contributed by atoms with Gasteiger partial charge in [0.1, 0.15) is 0 Å². The van der Waals surface area contributed by atoms with E-state index < -0.39 is 0 Å². The Labute approximate surface area is 83.3 Å². The van der Waals surface area contributed by atoms with Gasteiger partial charge in [0.2, 0.25) is 5.91 Å². The van der Waals surface area contributed by atoms with Crippen LogP contribution in [0.2, 0.25) is 0 Å². The number of amides is 1. The molecule has 0 aromatic heterocycles. The highest BCUT2D eigenvalue weighted by molar-refractivity contribution is 7.99. The molecule has 1 amide bonds. The fourth-order valence-electron chi connectivity index (χ4n) is 1.48. The molecule has 76 valence electrons. The van der Waals surface area contributed by atoms with Gasteiger partial charge in [0, 0.05) is 13.0 Å². The van der Waals surface area contributed by atoms with Crippen LogP contribution in [-0.4, -0.2) is 35.7 Å². The van der Waals surface area contributed by atoms with E-state index in [-0.39, 0.29) is 12.5 Å². The lowest BCUT2D eigenvalue weighted by Gasteiger charge is -2.20. The molecule has 4 heteroatoms. The third-order valence-corrected chi connectivity index (χ3v) is 3.30. The maximum Gasteiger partial charge on any atom is 0.220 e. The predicted octanol–water partition coefficient (Wildman–Crippen LogP) is 0.628. The van der Waals surface area contributed by atoms with Crippen molar-refractivity contribution < 1.29 is 9.90 Å². The molecular weight excluding hydrogens is 186 g/mol. The largest absolute Gasteiger partial charge is 0.395 e. The van der Waals surface area contributed by atoms with Gasteiger partial charge < -0.3 is 10.4 Å². The summed E-state index contributed by atoms with van der Waals surface area (Å²) in [6.07, 6.45) is 2.97. The minimum atomic E-state index is 0.0340. The van der Waals surface area contributed by atoms with E-state index in [0.29, 0.717) is 18.9 Å². The average Bonchev–Trinajstić information content (AvgIpc) is 2.16. The van der Waals surface area contributed by atoms with Crippen LogP contribution < -0.4 is 5.32 Å². The zero-order valence-corrected chi connectivity index (χ0v) is 8.61. The van der Waals surface area contributed by atoms with Crippen molar-refractivity contribution in [2.45, 2.75) is 19.3 Å². The third-order valence-electron chi connectivity index (χ3n) is 2.25. The van der Waals surface area contributed by atoms with Crippen molar-refractivity contribution in [2.24, 2.45) is 5.92 Å². The molecule has 0 radical (unpaired) electrons. The van der Waals surface area contributed by atoms with E-state index in [2.05, 4.69) is 5.32 Å². The lowest BCUT2D eigenvalue weighted by molar-refractivity contribution is -0.122. The molecule has 0 atom stereocenters. The van der Waals surface area contributed by atoms with Gasteiger partial charge in [-0.2, -0.15) is 11.8 Å². The number of carbonyl (C=O) groups is 1. The van der Waals surface area contributed by atoms with Gasteiger partial charge in [-0.3, -0.25) is 4.79 Å². The molecule has 0 bridgehead atoms. The zero-order valence-electron chi connectivity index (χ0n) is 7.79. The van der Waals surface area contributed by atoms with Gasteiger partial charge in [0.05, 0.1) is 6.61 Å². The summed E-state index contributed by atoms with van der Waals surface area (Å²) < 4.78 is 0. The summed E-state index contributed by atoms with van der Waals surface area (Å²) in [7, 11) is 0. The lowest BCUT2D eigenvalue weighted by atomic mass is 9.98. The Morgan fingerprint density at radius 3 is 2.77 bits per heavy atom. The van der Waals surface area contributed by atoms with E-state index in [0.717, 1.165) is 12.8 Å². The first-order valence-electron chi connectivity index (χ1n) is 4.78. The third kappa shape index (κ3) is 4.52. The van der Waals surface area contributed by atoms with Gasteiger partial charge in [-0.25, -0.2) is 0 Å². The molecule has 0 aromatic carbocycles. The predicted molar refractivity (Wildman–Crippen MR) is 54.8 cm³/mol. The second-order valence-electron chi connectivity index (χ2n) is 3.33. The highest BCUT2D eigenvalue weighted by atomic mass is 32.2. The highest BCUT2D eigenvalue weighted by Crippen LogP contribution is 2.24. The van der Waals surface area contributed by atoms with E-state index in [1.54, 1.807) is 0 Å². The van der Waals surface area contributed by atoms with E-state index >= 15 is 0 Å². The van der Waals surface area contributed by atoms with E-state index in [1.165, 1.54) is 11.5 Å². The second kappa shape index (κ2) is 6.27. The van der Waals surface area contributed by atoms with Crippen molar-refractivity contribution in [1.29, 1.82) is 0 Å². The summed E-state index contributed by atoms with van der Waals surface area (Å²) in [6, 6.07) is 0. The van der Waals surface area contributed by atoms with Crippen LogP contribution in [0, 0.1) is 5.92 Å². The molecule has 1 heterocycles. The van der Waals surface area contributed by atoms with Crippen LogP contribution in [0.25, 0.3) is 0 Å². The molecule has 1 saturated heterocycles. The van der Waals surface area contributed by atoms with Crippen LogP contribution in [0.5, 0.6) is 0 Å². The Kier molecular flexibility index (Phi) is 5.23. The maximum absolute atomic E-state index is 11.2. The molecule has 1 aliphatic heterocycles. The Bertz CT molecular complexity index is 158. The topological polar surface area (TPSA) is 49.3 Å². The zero-order chi connectivity index (χ0) is 9.52. The lowest BCUT2D eigenvalue weighted by Crippen LogP contribution is -2.29. The Hall–Kier alpha value is -0.220. The van der Waals surface area contributed by atoms with E-state index in [4.69, 9.17) is 5.11 Å². The minimum Gasteiger partial charge on any atom is -0.395 e. The Balaban J connectivity index is 2.11. The van der Waals surface area contributed by atoms with Crippen molar-refractivity contribution in [2.75, 3.05) is 24.7 Å². The minimum absolute atomic E-state index is 0.0340. The number of hydrogen-bond donors (Lipinski definition) is 2. The smallest absolute Gasteiger partial charge is 0.220 e. The van der Waals surface area contributed by atoms with Crippen molar-refractivity contribution >= 4 is 17.7 Å². The molecule has 0 spiro atoms. The molecule has 3 nitrogen and oxygen atoms in total. The number of aliphatic hydroxyl groups excluding tert-OH is 1. The summed E-state index contributed by atoms with van der Waals surface area (Å²) in [5.41, 5.74) is 0. The number of hydrogen-bond acceptors (Lipinski definition) is 3. The van der Waals surface area contributed by atoms with Crippen LogP contribution in [0.3, 0.4) is 0 Å². The van der Waals surface area contributed by atoms with Crippen molar-refractivity contribution in [3.05, 3.63) is 0 Å². The molecule has 2 N–H and O–H groups in total. The van der Waals surface area contributed by atoms with Crippen molar-refractivity contribution in [3.63, 3.8) is 0 Å². The fraction of sp³-hybridized carbons (Fsp3) is 0.889. The first-order chi connectivity index (χ1) is 6.33. The van der Waals surface area contributed by atoms with Crippen LogP contribution in [0.15, 0.2) is 0 Å². The number of thioether (sulfide) groups is 1. The highest BCUT2D eigenvalue weighted by Gasteiger charge is 2.16. The summed E-state index contributed by atoms with van der Waals surface area (Å²) in [5, 5.41) is 11.2. The molecule has 0 aliphatic carbocycles. The van der Waals surface area contributed by atoms with Gasteiger partial charge in [0.15, 0.2) is 0 Å². The SMILES string of the molecule is O=C(CC1CCSCC1)NCCO. The molecule has 0 aromatic rings. The molecule has 0 unspecified atom stereocenters. The Morgan fingerprint density at radius 1 is 1.46 bits per heavy atom. The van der Waals surface area contributed by atoms with Gasteiger partial charge in [0.25, 0.3) is 0 Å². The molecule has 1 fully saturated rings. The van der Waals surface area contributed by atoms with Crippen molar-refractivity contribution in [3.8, 4) is 0 Å². The van der Waals surface area contributed by atoms with Crippen molar-refractivity contribution in [1.82, 2.24) is 5.32 Å². The number of nitrogens with one attached hydrogen (secondary N) is 1. The van der Waals surface area contributed by atoms with E-state index in [9.17, 15) is 4.79 Å². The summed E-state index contributed by atoms with van der Waals surface area (Å²) in [6.45, 7) is 0.423. The first-order valence-corrected chi connectivity index (χ1v) is 5.93. The first kappa shape index (κ1) is 10.9. The summed E-state index contributed by atoms with van der Waals surface area (Å²) in [4.78, 5) is 11.2. The van der Waals surface area contributed by atoms with Crippen LogP contribution >= 0.6 is 11.8 Å². The second-order valence-corrected chi connectivity index (χ2v) is 4.56. The molecule has 1 rings (SSSR count). The van der Waals surface area contributed by atoms with Crippen LogP contribution in [-0.2, 0) is 4.79 Å². The molecule has 13 heavy (non-hydrogen) atoms. The monoisotopic (exact) mass is 203 g/mol. The van der Waals surface area contributed by atoms with Gasteiger partial charge in [-0.15, -0.1) is 0 Å². The normalized spacial score (nSPS) is 18.5. The van der Waals surface area contributed by atoms with Crippen LogP contribution in [0.1, 0.15) is 19.3 Å². The molecular formula is C9H17NO2S.